The molecule has 1 amide bonds. The molecule has 0 aliphatic rings. The van der Waals surface area contributed by atoms with E-state index in [2.05, 4.69) is 19.2 Å². The molecule has 2 atom stereocenters. The summed E-state index contributed by atoms with van der Waals surface area (Å²) < 4.78 is 11.3. The molecular formula is C26H27NO4. The average Bonchev–Trinajstić information content (AvgIpc) is 2.79. The van der Waals surface area contributed by atoms with Crippen LogP contribution in [0.4, 0.5) is 5.69 Å². The quantitative estimate of drug-likeness (QED) is 0.445. The number of amides is 1. The number of esters is 1. The molecule has 0 fully saturated rings. The fraction of sp³-hybridized carbons (Fsp3) is 0.231. The van der Waals surface area contributed by atoms with Gasteiger partial charge < -0.3 is 14.8 Å². The second-order valence-corrected chi connectivity index (χ2v) is 7.34. The highest BCUT2D eigenvalue weighted by molar-refractivity contribution is 5.98. The number of nitrogens with one attached hydrogen (secondary N) is 1. The Hall–Kier alpha value is -3.60. The van der Waals surface area contributed by atoms with Gasteiger partial charge in [0.05, 0.1) is 0 Å². The molecule has 5 heteroatoms. The van der Waals surface area contributed by atoms with Gasteiger partial charge in [0.2, 0.25) is 0 Å². The lowest BCUT2D eigenvalue weighted by Crippen LogP contribution is -2.30. The lowest BCUT2D eigenvalue weighted by molar-refractivity contribution is -0.123. The van der Waals surface area contributed by atoms with Crippen molar-refractivity contribution in [1.82, 2.24) is 0 Å². The maximum absolute atomic E-state index is 12.8. The highest BCUT2D eigenvalue weighted by Crippen LogP contribution is 2.28. The lowest BCUT2D eigenvalue weighted by Gasteiger charge is -2.18. The van der Waals surface area contributed by atoms with Crippen LogP contribution in [-0.2, 0) is 9.53 Å². The first-order chi connectivity index (χ1) is 15.0. The minimum absolute atomic E-state index is 0.256. The number of rotatable bonds is 8. The lowest BCUT2D eigenvalue weighted by atomic mass is 9.97. The van der Waals surface area contributed by atoms with E-state index in [0.29, 0.717) is 17.4 Å². The smallest absolute Gasteiger partial charge is 0.342 e. The minimum atomic E-state index is -0.970. The van der Waals surface area contributed by atoms with Crippen molar-refractivity contribution < 1.29 is 19.1 Å². The van der Waals surface area contributed by atoms with Crippen LogP contribution in [0.25, 0.3) is 0 Å². The van der Waals surface area contributed by atoms with Gasteiger partial charge in [0.15, 0.2) is 6.10 Å². The van der Waals surface area contributed by atoms with Gasteiger partial charge in [-0.1, -0.05) is 62.4 Å². The van der Waals surface area contributed by atoms with E-state index in [0.717, 1.165) is 17.7 Å². The fourth-order valence-electron chi connectivity index (χ4n) is 3.11. The van der Waals surface area contributed by atoms with E-state index in [9.17, 15) is 9.59 Å². The first-order valence-electron chi connectivity index (χ1n) is 10.4. The van der Waals surface area contributed by atoms with Gasteiger partial charge in [-0.25, -0.2) is 4.79 Å². The zero-order chi connectivity index (χ0) is 22.2. The molecule has 0 aromatic heterocycles. The molecule has 0 heterocycles. The molecule has 0 saturated carbocycles. The molecule has 0 radical (unpaired) electrons. The average molecular weight is 418 g/mol. The van der Waals surface area contributed by atoms with Crippen molar-refractivity contribution in [3.05, 3.63) is 90.0 Å². The van der Waals surface area contributed by atoms with Crippen molar-refractivity contribution in [2.24, 2.45) is 0 Å². The van der Waals surface area contributed by atoms with E-state index < -0.39 is 12.1 Å². The second kappa shape index (κ2) is 10.4. The number of carbonyl (C=O) groups excluding carboxylic acids is 2. The number of carbonyl (C=O) groups is 2. The third-order valence-corrected chi connectivity index (χ3v) is 5.09. The van der Waals surface area contributed by atoms with E-state index in [4.69, 9.17) is 9.47 Å². The van der Waals surface area contributed by atoms with Crippen molar-refractivity contribution >= 4 is 17.6 Å². The Labute approximate surface area is 183 Å². The zero-order valence-electron chi connectivity index (χ0n) is 18.0. The van der Waals surface area contributed by atoms with Crippen molar-refractivity contribution in [1.29, 1.82) is 0 Å². The predicted molar refractivity (Wildman–Crippen MR) is 122 cm³/mol. The summed E-state index contributed by atoms with van der Waals surface area (Å²) in [6.45, 7) is 5.76. The number of anilines is 1. The Morgan fingerprint density at radius 1 is 0.871 bits per heavy atom. The standard InChI is InChI=1S/C26H27NO4/c1-4-18(2)21-14-8-10-16-23(21)27-25(28)19(3)30-26(29)22-15-9-11-17-24(22)31-20-12-6-5-7-13-20/h5-19H,4H2,1-3H3,(H,27,28)/t18-,19-/m0/s1. The molecule has 3 rings (SSSR count). The van der Waals surface area contributed by atoms with Crippen molar-refractivity contribution in [3.8, 4) is 11.5 Å². The minimum Gasteiger partial charge on any atom is -0.456 e. The summed E-state index contributed by atoms with van der Waals surface area (Å²) in [5, 5.41) is 2.89. The first kappa shape index (κ1) is 22.1. The summed E-state index contributed by atoms with van der Waals surface area (Å²) in [6, 6.07) is 23.7. The molecule has 5 nitrogen and oxygen atoms in total. The highest BCUT2D eigenvalue weighted by Gasteiger charge is 2.22. The van der Waals surface area contributed by atoms with Gasteiger partial charge in [-0.2, -0.15) is 0 Å². The monoisotopic (exact) mass is 417 g/mol. The molecular weight excluding hydrogens is 390 g/mol. The van der Waals surface area contributed by atoms with Crippen LogP contribution in [0.1, 0.15) is 49.0 Å². The summed E-state index contributed by atoms with van der Waals surface area (Å²) in [6.07, 6.45) is -0.0161. The molecule has 0 unspecified atom stereocenters. The largest absolute Gasteiger partial charge is 0.456 e. The van der Waals surface area contributed by atoms with Crippen molar-refractivity contribution in [2.45, 2.75) is 39.2 Å². The molecule has 1 N–H and O–H groups in total. The van der Waals surface area contributed by atoms with E-state index in [1.807, 2.05) is 42.5 Å². The van der Waals surface area contributed by atoms with Crippen LogP contribution < -0.4 is 10.1 Å². The molecule has 0 bridgehead atoms. The number of para-hydroxylation sites is 3. The molecule has 31 heavy (non-hydrogen) atoms. The van der Waals surface area contributed by atoms with Crippen LogP contribution in [0.5, 0.6) is 11.5 Å². The summed E-state index contributed by atoms with van der Waals surface area (Å²) in [5.41, 5.74) is 2.04. The number of hydrogen-bond acceptors (Lipinski definition) is 4. The number of ether oxygens (including phenoxy) is 2. The first-order valence-corrected chi connectivity index (χ1v) is 10.4. The number of benzene rings is 3. The van der Waals surface area contributed by atoms with E-state index >= 15 is 0 Å². The normalized spacial score (nSPS) is 12.5. The zero-order valence-corrected chi connectivity index (χ0v) is 18.0. The van der Waals surface area contributed by atoms with Crippen LogP contribution in [0.3, 0.4) is 0 Å². The fourth-order valence-corrected chi connectivity index (χ4v) is 3.11. The van der Waals surface area contributed by atoms with E-state index in [1.54, 1.807) is 43.3 Å². The summed E-state index contributed by atoms with van der Waals surface area (Å²) in [4.78, 5) is 25.5. The maximum atomic E-state index is 12.8. The SMILES string of the molecule is CC[C@H](C)c1ccccc1NC(=O)[C@H](C)OC(=O)c1ccccc1Oc1ccccc1. The topological polar surface area (TPSA) is 64.6 Å². The van der Waals surface area contributed by atoms with Crippen LogP contribution in [0.2, 0.25) is 0 Å². The molecule has 0 aliphatic carbocycles. The Bertz CT molecular complexity index is 1030. The van der Waals surface area contributed by atoms with E-state index in [-0.39, 0.29) is 11.5 Å². The van der Waals surface area contributed by atoms with Crippen molar-refractivity contribution in [2.75, 3.05) is 5.32 Å². The highest BCUT2D eigenvalue weighted by atomic mass is 16.5. The molecule has 0 saturated heterocycles. The Balaban J connectivity index is 1.69. The Morgan fingerprint density at radius 2 is 1.52 bits per heavy atom. The summed E-state index contributed by atoms with van der Waals surface area (Å²) in [7, 11) is 0. The summed E-state index contributed by atoms with van der Waals surface area (Å²) >= 11 is 0. The third kappa shape index (κ3) is 5.72. The molecule has 3 aromatic rings. The van der Waals surface area contributed by atoms with Gasteiger partial charge in [-0.3, -0.25) is 4.79 Å². The number of hydrogen-bond donors (Lipinski definition) is 1. The van der Waals surface area contributed by atoms with Gasteiger partial charge in [0, 0.05) is 5.69 Å². The summed E-state index contributed by atoms with van der Waals surface area (Å²) in [5.74, 6) is 0.273. The van der Waals surface area contributed by atoms with Gasteiger partial charge in [0.1, 0.15) is 17.1 Å². The van der Waals surface area contributed by atoms with Crippen LogP contribution in [0.15, 0.2) is 78.9 Å². The van der Waals surface area contributed by atoms with Gasteiger partial charge in [0.25, 0.3) is 5.91 Å². The van der Waals surface area contributed by atoms with Crippen molar-refractivity contribution in [3.63, 3.8) is 0 Å². The molecule has 0 spiro atoms. The Kier molecular flexibility index (Phi) is 7.44. The van der Waals surface area contributed by atoms with Crippen LogP contribution in [0, 0.1) is 0 Å². The second-order valence-electron chi connectivity index (χ2n) is 7.34. The third-order valence-electron chi connectivity index (χ3n) is 5.09. The predicted octanol–water partition coefficient (Wildman–Crippen LogP) is 6.18. The maximum Gasteiger partial charge on any atom is 0.342 e. The van der Waals surface area contributed by atoms with Crippen LogP contribution in [-0.4, -0.2) is 18.0 Å². The molecule has 160 valence electrons. The van der Waals surface area contributed by atoms with Gasteiger partial charge in [-0.05, 0) is 55.2 Å². The van der Waals surface area contributed by atoms with E-state index in [1.165, 1.54) is 0 Å². The molecule has 3 aromatic carbocycles. The Morgan fingerprint density at radius 3 is 2.26 bits per heavy atom. The molecule has 0 aliphatic heterocycles. The van der Waals surface area contributed by atoms with Crippen LogP contribution >= 0.6 is 0 Å². The van der Waals surface area contributed by atoms with Gasteiger partial charge in [-0.15, -0.1) is 0 Å². The van der Waals surface area contributed by atoms with Gasteiger partial charge >= 0.3 is 5.97 Å².